The highest BCUT2D eigenvalue weighted by Gasteiger charge is 2.26. The van der Waals surface area contributed by atoms with Crippen molar-refractivity contribution in [2.24, 2.45) is 5.92 Å². The molecule has 1 amide bonds. The lowest BCUT2D eigenvalue weighted by Crippen LogP contribution is -2.32. The third kappa shape index (κ3) is 4.88. The zero-order valence-corrected chi connectivity index (χ0v) is 16.5. The van der Waals surface area contributed by atoms with Crippen molar-refractivity contribution in [1.82, 2.24) is 20.4 Å². The Morgan fingerprint density at radius 1 is 1.13 bits per heavy atom. The summed E-state index contributed by atoms with van der Waals surface area (Å²) in [4.78, 5) is 21.1. The number of amides is 1. The lowest BCUT2D eigenvalue weighted by Gasteiger charge is -2.19. The Hall–Kier alpha value is -3.56. The molecule has 0 bridgehead atoms. The maximum atomic E-state index is 12.8. The summed E-state index contributed by atoms with van der Waals surface area (Å²) in [6.07, 6.45) is 3.21. The van der Waals surface area contributed by atoms with Crippen molar-refractivity contribution in [3.8, 4) is 22.9 Å². The summed E-state index contributed by atoms with van der Waals surface area (Å²) in [5, 5.41) is 6.75. The van der Waals surface area contributed by atoms with Gasteiger partial charge in [-0.25, -0.2) is 0 Å². The van der Waals surface area contributed by atoms with E-state index in [1.54, 1.807) is 24.5 Å². The molecule has 3 rings (SSSR count). The highest BCUT2D eigenvalue weighted by Crippen LogP contribution is 2.30. The second-order valence-electron chi connectivity index (χ2n) is 6.63. The Kier molecular flexibility index (Phi) is 6.55. The van der Waals surface area contributed by atoms with Gasteiger partial charge in [-0.2, -0.15) is 13.8 Å². The Bertz CT molecular complexity index is 995. The number of methoxy groups -OCH3 is 1. The van der Waals surface area contributed by atoms with E-state index in [4.69, 9.17) is 9.26 Å². The number of rotatable bonds is 8. The third-order valence-electron chi connectivity index (χ3n) is 4.24. The Morgan fingerprint density at radius 2 is 1.87 bits per heavy atom. The number of nitrogens with zero attached hydrogens (tertiary/aromatic N) is 3. The summed E-state index contributed by atoms with van der Waals surface area (Å²) in [7, 11) is 1.32. The molecule has 2 aromatic heterocycles. The number of benzene rings is 1. The first-order chi connectivity index (χ1) is 14.4. The number of hydrogen-bond acceptors (Lipinski definition) is 7. The number of carbonyl (C=O) groups is 1. The highest BCUT2D eigenvalue weighted by molar-refractivity contribution is 5.95. The summed E-state index contributed by atoms with van der Waals surface area (Å²) in [5.41, 5.74) is 0.837. The highest BCUT2D eigenvalue weighted by atomic mass is 19.3. The molecule has 0 aliphatic heterocycles. The molecule has 0 radical (unpaired) electrons. The van der Waals surface area contributed by atoms with E-state index in [0.717, 1.165) is 5.56 Å². The van der Waals surface area contributed by atoms with Crippen LogP contribution < -0.4 is 14.8 Å². The SMILES string of the molecule is COc1ccc(C(=O)NC(c2nc(-c3ccncc3)no2)C(C)C)cc1OC(F)F. The Labute approximate surface area is 171 Å². The van der Waals surface area contributed by atoms with Gasteiger partial charge in [0, 0.05) is 23.5 Å². The monoisotopic (exact) mass is 418 g/mol. The van der Waals surface area contributed by atoms with E-state index in [1.165, 1.54) is 25.3 Å². The van der Waals surface area contributed by atoms with E-state index >= 15 is 0 Å². The number of nitrogens with one attached hydrogen (secondary N) is 1. The van der Waals surface area contributed by atoms with Crippen LogP contribution in [0.2, 0.25) is 0 Å². The number of hydrogen-bond donors (Lipinski definition) is 1. The largest absolute Gasteiger partial charge is 0.493 e. The fourth-order valence-electron chi connectivity index (χ4n) is 2.72. The summed E-state index contributed by atoms with van der Waals surface area (Å²) in [6.45, 7) is 0.701. The fraction of sp³-hybridized carbons (Fsp3) is 0.300. The number of alkyl halides is 2. The fourth-order valence-corrected chi connectivity index (χ4v) is 2.72. The van der Waals surface area contributed by atoms with Gasteiger partial charge in [-0.05, 0) is 36.2 Å². The van der Waals surface area contributed by atoms with Crippen LogP contribution in [0.25, 0.3) is 11.4 Å². The molecule has 0 aliphatic carbocycles. The average Bonchev–Trinajstić information content (AvgIpc) is 3.21. The van der Waals surface area contributed by atoms with Gasteiger partial charge in [0.1, 0.15) is 6.04 Å². The number of aromatic nitrogens is 3. The number of carbonyl (C=O) groups excluding carboxylic acids is 1. The number of pyridine rings is 1. The van der Waals surface area contributed by atoms with E-state index in [0.29, 0.717) is 5.82 Å². The predicted octanol–water partition coefficient (Wildman–Crippen LogP) is 3.87. The van der Waals surface area contributed by atoms with Crippen molar-refractivity contribution in [2.45, 2.75) is 26.5 Å². The summed E-state index contributed by atoms with van der Waals surface area (Å²) >= 11 is 0. The van der Waals surface area contributed by atoms with Gasteiger partial charge < -0.3 is 19.3 Å². The molecule has 0 spiro atoms. The van der Waals surface area contributed by atoms with Crippen molar-refractivity contribution in [3.05, 3.63) is 54.2 Å². The van der Waals surface area contributed by atoms with Crippen LogP contribution in [0.5, 0.6) is 11.5 Å². The minimum atomic E-state index is -3.05. The van der Waals surface area contributed by atoms with Crippen molar-refractivity contribution in [1.29, 1.82) is 0 Å². The van der Waals surface area contributed by atoms with Crippen LogP contribution in [0.3, 0.4) is 0 Å². The van der Waals surface area contributed by atoms with Crippen LogP contribution in [0, 0.1) is 5.92 Å². The minimum Gasteiger partial charge on any atom is -0.493 e. The van der Waals surface area contributed by atoms with Crippen molar-refractivity contribution >= 4 is 5.91 Å². The van der Waals surface area contributed by atoms with Crippen molar-refractivity contribution < 1.29 is 27.6 Å². The first-order valence-corrected chi connectivity index (χ1v) is 9.06. The molecule has 30 heavy (non-hydrogen) atoms. The molecule has 158 valence electrons. The molecule has 1 atom stereocenters. The maximum absolute atomic E-state index is 12.8. The van der Waals surface area contributed by atoms with E-state index in [2.05, 4.69) is 25.2 Å². The summed E-state index contributed by atoms with van der Waals surface area (Å²) in [5.74, 6) is -0.161. The molecule has 1 aromatic carbocycles. The molecule has 10 heteroatoms. The molecule has 1 unspecified atom stereocenters. The molecule has 8 nitrogen and oxygen atoms in total. The molecule has 0 aliphatic rings. The normalized spacial score (nSPS) is 12.1. The van der Waals surface area contributed by atoms with Gasteiger partial charge in [0.2, 0.25) is 11.7 Å². The van der Waals surface area contributed by atoms with Crippen LogP contribution in [0.15, 0.2) is 47.2 Å². The first kappa shape index (κ1) is 21.2. The first-order valence-electron chi connectivity index (χ1n) is 9.06. The zero-order valence-electron chi connectivity index (χ0n) is 16.5. The van der Waals surface area contributed by atoms with E-state index < -0.39 is 18.6 Å². The lowest BCUT2D eigenvalue weighted by atomic mass is 10.0. The molecular formula is C20H20F2N4O4. The molecule has 1 N–H and O–H groups in total. The smallest absolute Gasteiger partial charge is 0.387 e. The van der Waals surface area contributed by atoms with Crippen LogP contribution in [-0.2, 0) is 0 Å². The second-order valence-corrected chi connectivity index (χ2v) is 6.63. The quantitative estimate of drug-likeness (QED) is 0.593. The van der Waals surface area contributed by atoms with Crippen LogP contribution in [-0.4, -0.2) is 34.8 Å². The summed E-state index contributed by atoms with van der Waals surface area (Å²) < 4.78 is 40.0. The minimum absolute atomic E-state index is 0.0882. The molecule has 0 saturated carbocycles. The van der Waals surface area contributed by atoms with Crippen molar-refractivity contribution in [3.63, 3.8) is 0 Å². The molecule has 2 heterocycles. The molecular weight excluding hydrogens is 398 g/mol. The maximum Gasteiger partial charge on any atom is 0.387 e. The number of halogens is 2. The predicted molar refractivity (Wildman–Crippen MR) is 102 cm³/mol. The zero-order chi connectivity index (χ0) is 21.7. The van der Waals surface area contributed by atoms with E-state index in [1.807, 2.05) is 13.8 Å². The van der Waals surface area contributed by atoms with Gasteiger partial charge in [0.15, 0.2) is 11.5 Å². The number of ether oxygens (including phenoxy) is 2. The third-order valence-corrected chi connectivity index (χ3v) is 4.24. The van der Waals surface area contributed by atoms with Gasteiger partial charge in [-0.15, -0.1) is 0 Å². The lowest BCUT2D eigenvalue weighted by molar-refractivity contribution is -0.0512. The topological polar surface area (TPSA) is 99.4 Å². The van der Waals surface area contributed by atoms with E-state index in [9.17, 15) is 13.6 Å². The van der Waals surface area contributed by atoms with E-state index in [-0.39, 0.29) is 28.9 Å². The van der Waals surface area contributed by atoms with Crippen LogP contribution >= 0.6 is 0 Å². The Morgan fingerprint density at radius 3 is 2.50 bits per heavy atom. The van der Waals surface area contributed by atoms with Gasteiger partial charge in [0.25, 0.3) is 5.91 Å². The molecule has 3 aromatic rings. The van der Waals surface area contributed by atoms with Crippen LogP contribution in [0.1, 0.15) is 36.1 Å². The van der Waals surface area contributed by atoms with Crippen LogP contribution in [0.4, 0.5) is 8.78 Å². The molecule has 0 saturated heterocycles. The Balaban J connectivity index is 1.82. The van der Waals surface area contributed by atoms with Gasteiger partial charge in [-0.1, -0.05) is 19.0 Å². The second kappa shape index (κ2) is 9.29. The molecule has 0 fully saturated rings. The van der Waals surface area contributed by atoms with Gasteiger partial charge in [0.05, 0.1) is 7.11 Å². The van der Waals surface area contributed by atoms with Gasteiger partial charge >= 0.3 is 6.61 Å². The average molecular weight is 418 g/mol. The van der Waals surface area contributed by atoms with Gasteiger partial charge in [-0.3, -0.25) is 9.78 Å². The summed E-state index contributed by atoms with van der Waals surface area (Å²) in [6, 6.07) is 6.89. The van der Waals surface area contributed by atoms with Crippen molar-refractivity contribution in [2.75, 3.05) is 7.11 Å². The standard InChI is InChI=1S/C20H20F2N4O4/c1-11(2)16(19-25-17(26-30-19)12-6-8-23-9-7-12)24-18(27)13-4-5-14(28-3)15(10-13)29-20(21)22/h4-11,16,20H,1-3H3,(H,24,27).